The van der Waals surface area contributed by atoms with Crippen molar-refractivity contribution in [3.8, 4) is 39.8 Å². The van der Waals surface area contributed by atoms with Crippen LogP contribution >= 0.6 is 0 Å². The lowest BCUT2D eigenvalue weighted by Gasteiger charge is -2.34. The molecular weight excluding hydrogens is 562 g/mol. The number of hydrogen-bond donors (Lipinski definition) is 1. The number of benzene rings is 6. The minimum Gasteiger partial charge on any atom is -0.457 e. The highest BCUT2D eigenvalue weighted by Gasteiger charge is 2.34. The molecule has 1 unspecified atom stereocenters. The second-order valence-corrected chi connectivity index (χ2v) is 12.4. The van der Waals surface area contributed by atoms with Gasteiger partial charge in [-0.3, -0.25) is 4.99 Å². The van der Waals surface area contributed by atoms with Crippen LogP contribution in [0.1, 0.15) is 53.4 Å². The number of ether oxygens (including phenoxy) is 1. The molecule has 4 heteroatoms. The zero-order valence-electron chi connectivity index (χ0n) is 25.7. The molecule has 2 aliphatic heterocycles. The fourth-order valence-electron chi connectivity index (χ4n) is 6.69. The van der Waals surface area contributed by atoms with E-state index in [1.807, 2.05) is 42.5 Å². The second-order valence-electron chi connectivity index (χ2n) is 12.4. The predicted octanol–water partition coefficient (Wildman–Crippen LogP) is 10.3. The Morgan fingerprint density at radius 3 is 2.15 bits per heavy atom. The molecular formula is C42H31N3O. The molecule has 0 amide bonds. The molecule has 0 radical (unpaired) electrons. The Morgan fingerprint density at radius 1 is 0.630 bits per heavy atom. The van der Waals surface area contributed by atoms with E-state index in [1.54, 1.807) is 0 Å². The molecule has 6 aromatic carbocycles. The van der Waals surface area contributed by atoms with Crippen LogP contribution in [0.15, 0.2) is 145 Å². The molecule has 0 aliphatic carbocycles. The van der Waals surface area contributed by atoms with Crippen molar-refractivity contribution >= 4 is 11.4 Å². The van der Waals surface area contributed by atoms with E-state index in [0.717, 1.165) is 61.8 Å². The molecule has 2 heterocycles. The first-order chi connectivity index (χ1) is 22.5. The lowest BCUT2D eigenvalue weighted by Crippen LogP contribution is -2.24. The minimum atomic E-state index is -0.242. The molecule has 0 spiro atoms. The topological polar surface area (TPSA) is 57.4 Å². The summed E-state index contributed by atoms with van der Waals surface area (Å²) in [4.78, 5) is 5.26. The number of rotatable bonds is 4. The van der Waals surface area contributed by atoms with Gasteiger partial charge < -0.3 is 10.1 Å². The normalized spacial score (nSPS) is 15.6. The Hall–Kier alpha value is -5.92. The Balaban J connectivity index is 1.12. The molecule has 0 aromatic heterocycles. The van der Waals surface area contributed by atoms with Gasteiger partial charge in [0.15, 0.2) is 0 Å². The first-order valence-electron chi connectivity index (χ1n) is 15.5. The summed E-state index contributed by atoms with van der Waals surface area (Å²) in [5.74, 6) is 1.83. The average molecular weight is 594 g/mol. The summed E-state index contributed by atoms with van der Waals surface area (Å²) in [7, 11) is 0. The first-order valence-corrected chi connectivity index (χ1v) is 15.5. The van der Waals surface area contributed by atoms with Crippen LogP contribution in [0.2, 0.25) is 0 Å². The third-order valence-electron chi connectivity index (χ3n) is 9.19. The number of fused-ring (bicyclic) bond motifs is 3. The lowest BCUT2D eigenvalue weighted by atomic mass is 9.75. The number of para-hydroxylation sites is 2. The van der Waals surface area contributed by atoms with E-state index in [0.29, 0.717) is 5.56 Å². The SMILES string of the molecule is CC1(C)c2ccccc2Oc2cc(-c3ccc(C4N=C(c5cccc(-c6cccc(C#N)c6)c5)c5ccccc5N4)cc3)ccc21. The van der Waals surface area contributed by atoms with Gasteiger partial charge in [-0.05, 0) is 64.2 Å². The highest BCUT2D eigenvalue weighted by molar-refractivity contribution is 6.17. The molecule has 1 atom stereocenters. The van der Waals surface area contributed by atoms with E-state index in [9.17, 15) is 5.26 Å². The molecule has 8 rings (SSSR count). The van der Waals surface area contributed by atoms with E-state index in [-0.39, 0.29) is 11.6 Å². The maximum absolute atomic E-state index is 9.41. The van der Waals surface area contributed by atoms with Gasteiger partial charge in [-0.25, -0.2) is 0 Å². The monoisotopic (exact) mass is 593 g/mol. The maximum Gasteiger partial charge on any atom is 0.145 e. The molecule has 220 valence electrons. The number of hydrogen-bond acceptors (Lipinski definition) is 4. The zero-order chi connectivity index (χ0) is 31.3. The highest BCUT2D eigenvalue weighted by atomic mass is 16.5. The summed E-state index contributed by atoms with van der Waals surface area (Å²) in [6.07, 6.45) is -0.242. The van der Waals surface area contributed by atoms with Crippen LogP contribution in [-0.4, -0.2) is 5.71 Å². The summed E-state index contributed by atoms with van der Waals surface area (Å²) in [5, 5.41) is 13.1. The molecule has 6 aromatic rings. The fourth-order valence-corrected chi connectivity index (χ4v) is 6.69. The molecule has 0 bridgehead atoms. The van der Waals surface area contributed by atoms with E-state index in [4.69, 9.17) is 9.73 Å². The molecule has 0 fully saturated rings. The molecule has 4 nitrogen and oxygen atoms in total. The second kappa shape index (κ2) is 10.9. The number of nitrogens with zero attached hydrogens (tertiary/aromatic N) is 2. The van der Waals surface area contributed by atoms with Gasteiger partial charge in [0.1, 0.15) is 17.7 Å². The molecule has 0 saturated carbocycles. The predicted molar refractivity (Wildman–Crippen MR) is 186 cm³/mol. The quantitative estimate of drug-likeness (QED) is 0.221. The van der Waals surface area contributed by atoms with Crippen molar-refractivity contribution in [2.45, 2.75) is 25.4 Å². The van der Waals surface area contributed by atoms with Gasteiger partial charge in [0.2, 0.25) is 0 Å². The van der Waals surface area contributed by atoms with Gasteiger partial charge >= 0.3 is 0 Å². The van der Waals surface area contributed by atoms with Gasteiger partial charge in [-0.15, -0.1) is 0 Å². The van der Waals surface area contributed by atoms with E-state index in [2.05, 4.69) is 122 Å². The Bertz CT molecular complexity index is 2200. The standard InChI is InChI=1S/C42H31N3O/c1-42(2)35-14-4-6-16-38(35)46-39-25-32(21-22-36(39)42)28-17-19-29(20-18-28)41-44-37-15-5-3-13-34(37)40(45-41)33-12-8-11-31(24-33)30-10-7-9-27(23-30)26-43/h3-25,41,44H,1-2H3. The number of anilines is 1. The largest absolute Gasteiger partial charge is 0.457 e. The molecule has 46 heavy (non-hydrogen) atoms. The van der Waals surface area contributed by atoms with Crippen LogP contribution in [0.5, 0.6) is 11.5 Å². The third-order valence-corrected chi connectivity index (χ3v) is 9.19. The van der Waals surface area contributed by atoms with Crippen LogP contribution in [0.25, 0.3) is 22.3 Å². The van der Waals surface area contributed by atoms with Crippen LogP contribution in [0.4, 0.5) is 5.69 Å². The zero-order valence-corrected chi connectivity index (χ0v) is 25.7. The highest BCUT2D eigenvalue weighted by Crippen LogP contribution is 2.48. The van der Waals surface area contributed by atoms with Crippen molar-refractivity contribution in [2.75, 3.05) is 5.32 Å². The van der Waals surface area contributed by atoms with Gasteiger partial charge in [0.05, 0.1) is 17.3 Å². The van der Waals surface area contributed by atoms with Crippen molar-refractivity contribution in [2.24, 2.45) is 4.99 Å². The van der Waals surface area contributed by atoms with Gasteiger partial charge in [-0.1, -0.05) is 117 Å². The number of nitrogens with one attached hydrogen (secondary N) is 1. The first kappa shape index (κ1) is 27.6. The lowest BCUT2D eigenvalue weighted by molar-refractivity contribution is 0.418. The van der Waals surface area contributed by atoms with Gasteiger partial charge in [-0.2, -0.15) is 5.26 Å². The van der Waals surface area contributed by atoms with E-state index < -0.39 is 0 Å². The summed E-state index contributed by atoms with van der Waals surface area (Å²) in [6, 6.07) is 50.2. The van der Waals surface area contributed by atoms with Crippen LogP contribution in [0, 0.1) is 11.3 Å². The number of aliphatic imine (C=N–C) groups is 1. The molecule has 2 aliphatic rings. The number of nitriles is 1. The van der Waals surface area contributed by atoms with Crippen molar-refractivity contribution in [3.63, 3.8) is 0 Å². The minimum absolute atomic E-state index is 0.134. The average Bonchev–Trinajstić information content (AvgIpc) is 3.11. The van der Waals surface area contributed by atoms with Gasteiger partial charge in [0.25, 0.3) is 0 Å². The van der Waals surface area contributed by atoms with Crippen LogP contribution in [0.3, 0.4) is 0 Å². The summed E-state index contributed by atoms with van der Waals surface area (Å²) >= 11 is 0. The maximum atomic E-state index is 9.41. The van der Waals surface area contributed by atoms with Gasteiger partial charge in [0, 0.05) is 33.4 Å². The summed E-state index contributed by atoms with van der Waals surface area (Å²) in [5.41, 5.74) is 12.4. The molecule has 1 N–H and O–H groups in total. The van der Waals surface area contributed by atoms with Crippen LogP contribution in [-0.2, 0) is 5.41 Å². The van der Waals surface area contributed by atoms with E-state index in [1.165, 1.54) is 11.1 Å². The smallest absolute Gasteiger partial charge is 0.145 e. The summed E-state index contributed by atoms with van der Waals surface area (Å²) < 4.78 is 6.39. The summed E-state index contributed by atoms with van der Waals surface area (Å²) in [6.45, 7) is 4.52. The van der Waals surface area contributed by atoms with E-state index >= 15 is 0 Å². The third kappa shape index (κ3) is 4.74. The van der Waals surface area contributed by atoms with Crippen molar-refractivity contribution in [3.05, 3.63) is 173 Å². The Kier molecular flexibility index (Phi) is 6.55. The Labute approximate surface area is 269 Å². The van der Waals surface area contributed by atoms with Crippen molar-refractivity contribution in [1.29, 1.82) is 5.26 Å². The Morgan fingerprint density at radius 2 is 1.30 bits per heavy atom. The van der Waals surface area contributed by atoms with Crippen molar-refractivity contribution < 1.29 is 4.74 Å². The molecule has 0 saturated heterocycles. The fraction of sp³-hybridized carbons (Fsp3) is 0.0952. The van der Waals surface area contributed by atoms with Crippen molar-refractivity contribution in [1.82, 2.24) is 0 Å². The van der Waals surface area contributed by atoms with Crippen LogP contribution < -0.4 is 10.1 Å².